The van der Waals surface area contributed by atoms with Crippen LogP contribution in [0.4, 0.5) is 0 Å². The number of nitro groups is 1. The second-order valence-corrected chi connectivity index (χ2v) is 9.34. The van der Waals surface area contributed by atoms with Crippen molar-refractivity contribution >= 4 is 5.97 Å². The van der Waals surface area contributed by atoms with Crippen molar-refractivity contribution in [1.29, 1.82) is 0 Å². The van der Waals surface area contributed by atoms with E-state index in [2.05, 4.69) is 6.92 Å². The van der Waals surface area contributed by atoms with Crippen LogP contribution < -0.4 is 0 Å². The lowest BCUT2D eigenvalue weighted by atomic mass is 9.84. The van der Waals surface area contributed by atoms with E-state index in [1.54, 1.807) is 13.0 Å². The van der Waals surface area contributed by atoms with Crippen LogP contribution in [0.5, 0.6) is 0 Å². The van der Waals surface area contributed by atoms with Crippen LogP contribution in [0.25, 0.3) is 0 Å². The fraction of sp³-hybridized carbons (Fsp3) is 0.792. The van der Waals surface area contributed by atoms with Gasteiger partial charge in [-0.1, -0.05) is 50.5 Å². The maximum absolute atomic E-state index is 11.4. The summed E-state index contributed by atoms with van der Waals surface area (Å²) in [5.41, 5.74) is -0.960. The Morgan fingerprint density at radius 3 is 2.59 bits per heavy atom. The molecule has 8 heteroatoms. The smallest absolute Gasteiger partial charge is 0.303 e. The lowest BCUT2D eigenvalue weighted by molar-refractivity contribution is -0.489. The quantitative estimate of drug-likeness (QED) is 0.174. The van der Waals surface area contributed by atoms with Gasteiger partial charge in [-0.15, -0.1) is 0 Å². The lowest BCUT2D eigenvalue weighted by Gasteiger charge is -2.31. The van der Waals surface area contributed by atoms with Gasteiger partial charge in [-0.25, -0.2) is 0 Å². The summed E-state index contributed by atoms with van der Waals surface area (Å²) in [5, 5.41) is 30.9. The molecule has 1 saturated heterocycles. The van der Waals surface area contributed by atoms with E-state index in [1.165, 1.54) is 0 Å². The minimum Gasteiger partial charge on any atom is -0.481 e. The average molecular weight is 454 g/mol. The van der Waals surface area contributed by atoms with Crippen LogP contribution in [0.1, 0.15) is 71.6 Å². The number of allylic oxidation sites excluding steroid dienone is 3. The Morgan fingerprint density at radius 1 is 1.25 bits per heavy atom. The molecule has 0 aromatic rings. The van der Waals surface area contributed by atoms with Gasteiger partial charge < -0.3 is 19.7 Å². The summed E-state index contributed by atoms with van der Waals surface area (Å²) in [6.45, 7) is 4.67. The van der Waals surface area contributed by atoms with E-state index in [0.29, 0.717) is 45.3 Å². The number of aliphatic hydroxyl groups is 1. The molecular formula is C24H39NO7. The van der Waals surface area contributed by atoms with Gasteiger partial charge in [0.25, 0.3) is 0 Å². The first-order chi connectivity index (χ1) is 15.2. The second kappa shape index (κ2) is 12.5. The number of rotatable bonds is 14. The molecule has 2 N–H and O–H groups in total. The van der Waals surface area contributed by atoms with Crippen molar-refractivity contribution in [3.8, 4) is 0 Å². The number of carboxylic acids is 1. The zero-order chi connectivity index (χ0) is 23.6. The number of carbonyl (C=O) groups is 1. The first-order valence-corrected chi connectivity index (χ1v) is 11.9. The summed E-state index contributed by atoms with van der Waals surface area (Å²) in [4.78, 5) is 21.8. The van der Waals surface area contributed by atoms with Crippen molar-refractivity contribution in [3.05, 3.63) is 34.4 Å². The number of hydrogen-bond acceptors (Lipinski definition) is 6. The predicted octanol–water partition coefficient (Wildman–Crippen LogP) is 4.35. The molecule has 1 saturated carbocycles. The molecule has 0 radical (unpaired) electrons. The fourth-order valence-corrected chi connectivity index (χ4v) is 4.95. The van der Waals surface area contributed by atoms with E-state index in [4.69, 9.17) is 14.6 Å². The Hall–Kier alpha value is -1.77. The van der Waals surface area contributed by atoms with E-state index in [9.17, 15) is 20.0 Å². The topological polar surface area (TPSA) is 119 Å². The van der Waals surface area contributed by atoms with E-state index >= 15 is 0 Å². The van der Waals surface area contributed by atoms with Crippen molar-refractivity contribution in [2.24, 2.45) is 17.8 Å². The zero-order valence-corrected chi connectivity index (χ0v) is 19.4. The van der Waals surface area contributed by atoms with Gasteiger partial charge in [0.15, 0.2) is 5.79 Å². The molecule has 2 aliphatic rings. The Morgan fingerprint density at radius 2 is 1.97 bits per heavy atom. The van der Waals surface area contributed by atoms with Crippen LogP contribution in [-0.2, 0) is 14.3 Å². The molecule has 4 unspecified atom stereocenters. The van der Waals surface area contributed by atoms with Gasteiger partial charge in [0.2, 0.25) is 6.54 Å². The molecule has 2 rings (SSSR count). The summed E-state index contributed by atoms with van der Waals surface area (Å²) in [6, 6.07) is 0. The van der Waals surface area contributed by atoms with Crippen LogP contribution in [0.2, 0.25) is 0 Å². The molecule has 1 aliphatic carbocycles. The Balaban J connectivity index is 2.16. The number of nitrogens with zero attached hydrogens (tertiary/aromatic N) is 1. The molecule has 1 heterocycles. The lowest BCUT2D eigenvalue weighted by Crippen LogP contribution is -2.36. The van der Waals surface area contributed by atoms with Crippen LogP contribution in [0, 0.1) is 27.9 Å². The SMILES string of the molecule is CCCCCC(C)(O)C=CC1C(C[N+](=O)[O-])CC2(OCCO2)C1CC=CCCCC(=O)O. The predicted molar refractivity (Wildman–Crippen MR) is 121 cm³/mol. The third kappa shape index (κ3) is 7.98. The highest BCUT2D eigenvalue weighted by Gasteiger charge is 2.57. The van der Waals surface area contributed by atoms with Gasteiger partial charge in [-0.05, 0) is 38.5 Å². The molecule has 8 nitrogen and oxygen atoms in total. The standard InChI is InChI=1S/C24H39NO7/c1-3-4-9-13-23(2,28)14-12-20-19(18-25(29)30)17-24(31-15-16-32-24)21(20)10-7-5-6-8-11-22(26)27/h5,7,12,14,19-21,28H,3-4,6,8-11,13,15-18H2,1-2H3,(H,26,27). The van der Waals surface area contributed by atoms with E-state index in [-0.39, 0.29) is 35.6 Å². The normalized spacial score (nSPS) is 26.9. The monoisotopic (exact) mass is 453 g/mol. The molecule has 32 heavy (non-hydrogen) atoms. The number of unbranched alkanes of at least 4 members (excludes halogenated alkanes) is 3. The maximum Gasteiger partial charge on any atom is 0.303 e. The van der Waals surface area contributed by atoms with Crippen LogP contribution in [0.15, 0.2) is 24.3 Å². The summed E-state index contributed by atoms with van der Waals surface area (Å²) in [7, 11) is 0. The van der Waals surface area contributed by atoms with Crippen molar-refractivity contribution < 1.29 is 29.4 Å². The maximum atomic E-state index is 11.4. The van der Waals surface area contributed by atoms with Gasteiger partial charge in [0.1, 0.15) is 0 Å². The summed E-state index contributed by atoms with van der Waals surface area (Å²) < 4.78 is 12.0. The molecule has 0 bridgehead atoms. The number of carboxylic acid groups (broad SMARTS) is 1. The average Bonchev–Trinajstić information content (AvgIpc) is 3.27. The van der Waals surface area contributed by atoms with Crippen molar-refractivity contribution in [2.75, 3.05) is 19.8 Å². The van der Waals surface area contributed by atoms with E-state index < -0.39 is 17.4 Å². The van der Waals surface area contributed by atoms with Gasteiger partial charge in [-0.3, -0.25) is 14.9 Å². The third-order valence-corrected chi connectivity index (χ3v) is 6.56. The first-order valence-electron chi connectivity index (χ1n) is 11.9. The number of ether oxygens (including phenoxy) is 2. The number of hydrogen-bond donors (Lipinski definition) is 2. The Kier molecular flexibility index (Phi) is 10.3. The van der Waals surface area contributed by atoms with Crippen molar-refractivity contribution in [3.63, 3.8) is 0 Å². The Bertz CT molecular complexity index is 667. The minimum absolute atomic E-state index is 0.103. The second-order valence-electron chi connectivity index (χ2n) is 9.34. The zero-order valence-electron chi connectivity index (χ0n) is 19.4. The Labute approximate surface area is 190 Å². The number of aliphatic carboxylic acids is 1. The van der Waals surface area contributed by atoms with Crippen LogP contribution in [-0.4, -0.2) is 52.3 Å². The van der Waals surface area contributed by atoms with E-state index in [0.717, 1.165) is 19.3 Å². The third-order valence-electron chi connectivity index (χ3n) is 6.56. The van der Waals surface area contributed by atoms with Gasteiger partial charge in [0.05, 0.1) is 18.8 Å². The fourth-order valence-electron chi connectivity index (χ4n) is 4.95. The highest BCUT2D eigenvalue weighted by atomic mass is 16.7. The first kappa shape index (κ1) is 26.5. The van der Waals surface area contributed by atoms with Gasteiger partial charge >= 0.3 is 5.97 Å². The molecule has 2 fully saturated rings. The van der Waals surface area contributed by atoms with Crippen LogP contribution in [0.3, 0.4) is 0 Å². The molecular weight excluding hydrogens is 414 g/mol. The summed E-state index contributed by atoms with van der Waals surface area (Å²) >= 11 is 0. The molecule has 0 aromatic heterocycles. The molecule has 4 atom stereocenters. The van der Waals surface area contributed by atoms with Crippen molar-refractivity contribution in [2.45, 2.75) is 83.0 Å². The van der Waals surface area contributed by atoms with E-state index in [1.807, 2.05) is 18.2 Å². The van der Waals surface area contributed by atoms with Crippen LogP contribution >= 0.6 is 0 Å². The molecule has 1 aliphatic heterocycles. The molecule has 1 spiro atoms. The summed E-state index contributed by atoms with van der Waals surface area (Å²) in [5.74, 6) is -2.14. The highest BCUT2D eigenvalue weighted by Crippen LogP contribution is 2.51. The van der Waals surface area contributed by atoms with Gasteiger partial charge in [0, 0.05) is 29.6 Å². The van der Waals surface area contributed by atoms with Crippen molar-refractivity contribution in [1.82, 2.24) is 0 Å². The molecule has 182 valence electrons. The molecule has 0 aromatic carbocycles. The highest BCUT2D eigenvalue weighted by molar-refractivity contribution is 5.66. The summed E-state index contributed by atoms with van der Waals surface area (Å²) in [6.07, 6.45) is 13.9. The minimum atomic E-state index is -0.960. The van der Waals surface area contributed by atoms with Gasteiger partial charge in [-0.2, -0.15) is 0 Å². The largest absolute Gasteiger partial charge is 0.481 e. The molecule has 0 amide bonds.